The number of hydrogen-bond donors (Lipinski definition) is 1. The van der Waals surface area contributed by atoms with Crippen LogP contribution < -0.4 is 5.32 Å². The number of nitrogens with zero attached hydrogens (tertiary/aromatic N) is 5. The highest BCUT2D eigenvalue weighted by Crippen LogP contribution is 2.08. The van der Waals surface area contributed by atoms with Crippen molar-refractivity contribution in [3.8, 4) is 0 Å². The molecule has 0 saturated carbocycles. The highest BCUT2D eigenvalue weighted by molar-refractivity contribution is 5.91. The molecule has 27 heavy (non-hydrogen) atoms. The second kappa shape index (κ2) is 8.74. The van der Waals surface area contributed by atoms with Crippen LogP contribution in [0.25, 0.3) is 5.65 Å². The smallest absolute Gasteiger partial charge is 0.273 e. The van der Waals surface area contributed by atoms with Gasteiger partial charge in [-0.1, -0.05) is 11.3 Å². The third kappa shape index (κ3) is 4.69. The summed E-state index contributed by atoms with van der Waals surface area (Å²) in [5.74, 6) is -0.306. The van der Waals surface area contributed by atoms with E-state index < -0.39 is 6.29 Å². The molecule has 0 bridgehead atoms. The first-order valence-corrected chi connectivity index (χ1v) is 8.95. The second-order valence-corrected chi connectivity index (χ2v) is 5.98. The third-order valence-corrected chi connectivity index (χ3v) is 3.99. The molecule has 0 spiro atoms. The molecule has 3 heterocycles. The Morgan fingerprint density at radius 3 is 2.70 bits per heavy atom. The summed E-state index contributed by atoms with van der Waals surface area (Å²) in [7, 11) is 0. The van der Waals surface area contributed by atoms with Crippen LogP contribution in [-0.2, 0) is 22.6 Å². The molecule has 0 radical (unpaired) electrons. The average Bonchev–Trinajstić information content (AvgIpc) is 3.28. The monoisotopic (exact) mass is 372 g/mol. The maximum Gasteiger partial charge on any atom is 0.273 e. The molecule has 0 aliphatic rings. The zero-order valence-electron chi connectivity index (χ0n) is 15.8. The van der Waals surface area contributed by atoms with Gasteiger partial charge in [0.1, 0.15) is 5.65 Å². The largest absolute Gasteiger partial charge is 0.351 e. The summed E-state index contributed by atoms with van der Waals surface area (Å²) in [5, 5.41) is 10.7. The van der Waals surface area contributed by atoms with Gasteiger partial charge in [-0.25, -0.2) is 9.67 Å². The van der Waals surface area contributed by atoms with E-state index in [0.717, 1.165) is 17.0 Å². The molecule has 0 aliphatic carbocycles. The van der Waals surface area contributed by atoms with E-state index in [0.29, 0.717) is 26.3 Å². The van der Waals surface area contributed by atoms with E-state index in [4.69, 9.17) is 9.47 Å². The van der Waals surface area contributed by atoms with E-state index in [1.807, 2.05) is 49.6 Å². The van der Waals surface area contributed by atoms with Gasteiger partial charge in [0.2, 0.25) is 0 Å². The van der Waals surface area contributed by atoms with Crippen LogP contribution in [0.15, 0.2) is 30.6 Å². The number of ether oxygens (including phenoxy) is 2. The standard InChI is InChI=1S/C18H24N6O3/c1-4-26-17(27-5-2)12-23-11-15(21-22-23)18(25)19-9-14-10-24-13(3)7-6-8-16(24)20-14/h6-8,10-11,17H,4-5,9,12H2,1-3H3,(H,19,25). The fourth-order valence-corrected chi connectivity index (χ4v) is 2.72. The lowest BCUT2D eigenvalue weighted by atomic mass is 10.4. The van der Waals surface area contributed by atoms with Crippen molar-refractivity contribution >= 4 is 11.6 Å². The van der Waals surface area contributed by atoms with Gasteiger partial charge in [-0.3, -0.25) is 4.79 Å². The zero-order valence-corrected chi connectivity index (χ0v) is 15.8. The first-order chi connectivity index (χ1) is 13.1. The van der Waals surface area contributed by atoms with E-state index in [-0.39, 0.29) is 11.6 Å². The average molecular weight is 372 g/mol. The number of nitrogens with one attached hydrogen (secondary N) is 1. The first kappa shape index (κ1) is 19.0. The van der Waals surface area contributed by atoms with Gasteiger partial charge >= 0.3 is 0 Å². The maximum absolute atomic E-state index is 12.3. The van der Waals surface area contributed by atoms with Crippen LogP contribution in [-0.4, -0.2) is 49.8 Å². The number of carbonyl (C=O) groups is 1. The predicted molar refractivity (Wildman–Crippen MR) is 98.2 cm³/mol. The van der Waals surface area contributed by atoms with Gasteiger partial charge in [0, 0.05) is 25.1 Å². The molecule has 0 atom stereocenters. The molecule has 3 aromatic heterocycles. The van der Waals surface area contributed by atoms with Gasteiger partial charge in [-0.05, 0) is 32.9 Å². The number of hydrogen-bond acceptors (Lipinski definition) is 6. The molecule has 9 nitrogen and oxygen atoms in total. The van der Waals surface area contributed by atoms with Crippen molar-refractivity contribution in [2.75, 3.05) is 13.2 Å². The lowest BCUT2D eigenvalue weighted by Crippen LogP contribution is -2.24. The van der Waals surface area contributed by atoms with E-state index in [1.165, 1.54) is 0 Å². The summed E-state index contributed by atoms with van der Waals surface area (Å²) in [6.07, 6.45) is 3.07. The van der Waals surface area contributed by atoms with Crippen LogP contribution in [0, 0.1) is 6.92 Å². The molecule has 0 saturated heterocycles. The Balaban J connectivity index is 1.59. The van der Waals surface area contributed by atoms with Gasteiger partial charge < -0.3 is 19.2 Å². The Labute approximate surface area is 157 Å². The first-order valence-electron chi connectivity index (χ1n) is 8.95. The predicted octanol–water partition coefficient (Wildman–Crippen LogP) is 1.56. The zero-order chi connectivity index (χ0) is 19.2. The summed E-state index contributed by atoms with van der Waals surface area (Å²) in [6.45, 7) is 7.55. The highest BCUT2D eigenvalue weighted by atomic mass is 16.7. The number of fused-ring (bicyclic) bond motifs is 1. The Morgan fingerprint density at radius 2 is 2.00 bits per heavy atom. The molecule has 0 unspecified atom stereocenters. The van der Waals surface area contributed by atoms with Crippen LogP contribution in [0.1, 0.15) is 35.7 Å². The molecule has 144 valence electrons. The molecular weight excluding hydrogens is 348 g/mol. The van der Waals surface area contributed by atoms with Gasteiger partial charge in [0.15, 0.2) is 12.0 Å². The van der Waals surface area contributed by atoms with Crippen LogP contribution in [0.4, 0.5) is 0 Å². The van der Waals surface area contributed by atoms with Crippen molar-refractivity contribution in [1.29, 1.82) is 0 Å². The lowest BCUT2D eigenvalue weighted by Gasteiger charge is -2.16. The van der Waals surface area contributed by atoms with Crippen LogP contribution in [0.2, 0.25) is 0 Å². The molecule has 0 aliphatic heterocycles. The molecule has 0 fully saturated rings. The molecule has 1 amide bonds. The van der Waals surface area contributed by atoms with E-state index in [2.05, 4.69) is 20.6 Å². The maximum atomic E-state index is 12.3. The van der Waals surface area contributed by atoms with Crippen molar-refractivity contribution in [2.45, 2.75) is 40.2 Å². The number of aromatic nitrogens is 5. The van der Waals surface area contributed by atoms with Crippen LogP contribution in [0.3, 0.4) is 0 Å². The van der Waals surface area contributed by atoms with Gasteiger partial charge in [-0.15, -0.1) is 5.10 Å². The minimum atomic E-state index is -0.418. The molecule has 0 aromatic carbocycles. The minimum Gasteiger partial charge on any atom is -0.351 e. The van der Waals surface area contributed by atoms with E-state index in [9.17, 15) is 4.79 Å². The summed E-state index contributed by atoms with van der Waals surface area (Å²) in [4.78, 5) is 16.8. The number of aryl methyl sites for hydroxylation is 1. The summed E-state index contributed by atoms with van der Waals surface area (Å²) >= 11 is 0. The lowest BCUT2D eigenvalue weighted by molar-refractivity contribution is -0.145. The third-order valence-electron chi connectivity index (χ3n) is 3.99. The minimum absolute atomic E-state index is 0.238. The number of rotatable bonds is 9. The Hall–Kier alpha value is -2.78. The second-order valence-electron chi connectivity index (χ2n) is 5.98. The van der Waals surface area contributed by atoms with Gasteiger partial charge in [-0.2, -0.15) is 0 Å². The summed E-state index contributed by atoms with van der Waals surface area (Å²) < 4.78 is 14.5. The number of imidazole rings is 1. The van der Waals surface area contributed by atoms with Crippen LogP contribution in [0.5, 0.6) is 0 Å². The number of pyridine rings is 1. The van der Waals surface area contributed by atoms with E-state index in [1.54, 1.807) is 10.9 Å². The SMILES string of the molecule is CCOC(Cn1cc(C(=O)NCc2cn3c(C)cccc3n2)nn1)OCC. The molecule has 9 heteroatoms. The molecular formula is C18H24N6O3. The quantitative estimate of drug-likeness (QED) is 0.573. The fraction of sp³-hybridized carbons (Fsp3) is 0.444. The molecule has 3 rings (SSSR count). The normalized spacial score (nSPS) is 11.4. The summed E-state index contributed by atoms with van der Waals surface area (Å²) in [6, 6.07) is 5.89. The molecule has 3 aromatic rings. The number of carbonyl (C=O) groups excluding carboxylic acids is 1. The van der Waals surface area contributed by atoms with Crippen molar-refractivity contribution in [3.05, 3.63) is 47.7 Å². The van der Waals surface area contributed by atoms with Gasteiger partial charge in [0.25, 0.3) is 5.91 Å². The Bertz CT molecular complexity index is 898. The van der Waals surface area contributed by atoms with Gasteiger partial charge in [0.05, 0.1) is 25.0 Å². The van der Waals surface area contributed by atoms with Crippen molar-refractivity contribution < 1.29 is 14.3 Å². The fourth-order valence-electron chi connectivity index (χ4n) is 2.72. The number of amides is 1. The van der Waals surface area contributed by atoms with E-state index >= 15 is 0 Å². The molecule has 1 N–H and O–H groups in total. The summed E-state index contributed by atoms with van der Waals surface area (Å²) in [5.41, 5.74) is 2.95. The van der Waals surface area contributed by atoms with Crippen molar-refractivity contribution in [1.82, 2.24) is 29.7 Å². The topological polar surface area (TPSA) is 95.6 Å². The Kier molecular flexibility index (Phi) is 6.15. The van der Waals surface area contributed by atoms with Crippen molar-refractivity contribution in [3.63, 3.8) is 0 Å². The van der Waals surface area contributed by atoms with Crippen LogP contribution >= 0.6 is 0 Å². The Morgan fingerprint density at radius 1 is 1.22 bits per heavy atom. The highest BCUT2D eigenvalue weighted by Gasteiger charge is 2.15. The van der Waals surface area contributed by atoms with Crippen molar-refractivity contribution in [2.24, 2.45) is 0 Å².